The summed E-state index contributed by atoms with van der Waals surface area (Å²) in [7, 11) is 11.2. The van der Waals surface area contributed by atoms with E-state index in [0.717, 1.165) is 0 Å². The van der Waals surface area contributed by atoms with Crippen LogP contribution in [0.1, 0.15) is 0 Å². The quantitative estimate of drug-likeness (QED) is 0.185. The molecule has 0 saturated heterocycles. The normalized spacial score (nSPS) is 9.54. The van der Waals surface area contributed by atoms with Gasteiger partial charge in [-0.25, -0.2) is 0 Å². The number of rotatable bonds is 0. The van der Waals surface area contributed by atoms with E-state index >= 15 is 0 Å². The van der Waals surface area contributed by atoms with Gasteiger partial charge in [0.15, 0.2) is 0 Å². The Hall–Kier alpha value is -0.920. The molecule has 0 saturated carbocycles. The van der Waals surface area contributed by atoms with Gasteiger partial charge in [0.2, 0.25) is 0 Å². The van der Waals surface area contributed by atoms with Crippen LogP contribution in [0.25, 0.3) is 22.3 Å². The van der Waals surface area contributed by atoms with Crippen LogP contribution in [-0.4, -0.2) is 5.43 Å². The van der Waals surface area contributed by atoms with Crippen LogP contribution in [0.5, 0.6) is 0 Å². The van der Waals surface area contributed by atoms with Crippen molar-refractivity contribution in [1.29, 1.82) is 0 Å². The molecule has 0 bridgehead atoms. The van der Waals surface area contributed by atoms with Crippen molar-refractivity contribution in [3.63, 3.8) is 0 Å². The predicted molar refractivity (Wildman–Crippen MR) is 113 cm³/mol. The predicted octanol–water partition coefficient (Wildman–Crippen LogP) is 7.35. The summed E-state index contributed by atoms with van der Waals surface area (Å²) in [5, 5.41) is 0. The summed E-state index contributed by atoms with van der Waals surface area (Å²) in [6, 6.07) is 34.8. The van der Waals surface area contributed by atoms with Crippen LogP contribution in [0.15, 0.2) is 84.9 Å². The zero-order valence-corrected chi connectivity index (χ0v) is 19.8. The number of hydrogen-bond acceptors (Lipinski definition) is 0. The van der Waals surface area contributed by atoms with Crippen molar-refractivity contribution in [1.82, 2.24) is 0 Å². The first kappa shape index (κ1) is 21.4. The van der Waals surface area contributed by atoms with Gasteiger partial charge < -0.3 is 0 Å². The van der Waals surface area contributed by atoms with Crippen molar-refractivity contribution in [2.45, 2.75) is 13.1 Å². The minimum atomic E-state index is -1.65. The van der Waals surface area contributed by atoms with E-state index in [1.807, 2.05) is 48.5 Å². The molecule has 4 rings (SSSR count). The third kappa shape index (κ3) is 7.37. The van der Waals surface area contributed by atoms with Crippen molar-refractivity contribution < 1.29 is 18.0 Å². The first-order chi connectivity index (χ1) is 12.6. The maximum absolute atomic E-state index is 5.62. The largest absolute Gasteiger partial charge is 0.168 e. The van der Waals surface area contributed by atoms with Crippen molar-refractivity contribution in [2.75, 3.05) is 0 Å². The smallest absolute Gasteiger partial charge is 0.0723 e. The van der Waals surface area contributed by atoms with E-state index in [-0.39, 0.29) is 5.43 Å². The molecule has 4 aliphatic rings. The molecular weight excluding hydrogens is 454 g/mol. The molecule has 0 nitrogen and oxygen atoms in total. The minimum absolute atomic E-state index is 0.224. The number of fused-ring (bicyclic) bond motifs is 2. The molecule has 0 spiro atoms. The van der Waals surface area contributed by atoms with Crippen LogP contribution in [0.2, 0.25) is 13.1 Å². The van der Waals surface area contributed by atoms with Crippen LogP contribution in [-0.2, 0) is 18.0 Å². The standard InChI is InChI=1S/2C10H7.C2H6Si.2ClH.Zr/c2*1-2-5-9-7-4-8-10(9)6-3-1;1-3-2;;;/h2*1-7H;1-2H3;2*1H;/q2*-1;;;;+2/p-2. The van der Waals surface area contributed by atoms with Gasteiger partial charge in [-0.2, -0.15) is 35.4 Å². The van der Waals surface area contributed by atoms with E-state index in [9.17, 15) is 0 Å². The van der Waals surface area contributed by atoms with Gasteiger partial charge in [-0.15, -0.1) is 59.7 Å². The maximum Gasteiger partial charge on any atom is -0.0723 e. The Kier molecular flexibility index (Phi) is 9.64. The molecule has 4 aliphatic carbocycles. The molecule has 0 aromatic carbocycles. The molecule has 0 fully saturated rings. The van der Waals surface area contributed by atoms with Crippen molar-refractivity contribution in [2.24, 2.45) is 0 Å². The van der Waals surface area contributed by atoms with Crippen molar-refractivity contribution in [3.05, 3.63) is 97.1 Å². The second-order valence-corrected chi connectivity index (χ2v) is 28.8. The van der Waals surface area contributed by atoms with Crippen LogP contribution < -0.4 is 0 Å². The Morgan fingerprint density at radius 2 is 1.04 bits per heavy atom. The van der Waals surface area contributed by atoms with Gasteiger partial charge in [0, 0.05) is 0 Å². The minimum Gasteiger partial charge on any atom is -0.168 e. The molecular formula is C22H20Cl2SiZr-2. The fourth-order valence-corrected chi connectivity index (χ4v) is 2.12. The van der Waals surface area contributed by atoms with Crippen molar-refractivity contribution in [3.8, 4) is 22.3 Å². The second kappa shape index (κ2) is 11.7. The Labute approximate surface area is 171 Å². The van der Waals surface area contributed by atoms with E-state index in [0.29, 0.717) is 0 Å². The van der Waals surface area contributed by atoms with Gasteiger partial charge in [0.1, 0.15) is 0 Å². The summed E-state index contributed by atoms with van der Waals surface area (Å²) in [6.45, 7) is 4.33. The molecule has 0 heterocycles. The Morgan fingerprint density at radius 3 is 1.42 bits per heavy atom. The monoisotopic (exact) mass is 472 g/mol. The zero-order valence-electron chi connectivity index (χ0n) is 14.8. The molecule has 132 valence electrons. The first-order valence-electron chi connectivity index (χ1n) is 8.27. The Bertz CT molecular complexity index is 769. The third-order valence-electron chi connectivity index (χ3n) is 3.53. The molecule has 0 unspecified atom stereocenters. The summed E-state index contributed by atoms with van der Waals surface area (Å²) in [4.78, 5) is 0. The summed E-state index contributed by atoms with van der Waals surface area (Å²) in [5.41, 5.74) is 4.66. The summed E-state index contributed by atoms with van der Waals surface area (Å²) in [5.74, 6) is 0. The van der Waals surface area contributed by atoms with E-state index < -0.39 is 18.0 Å². The second-order valence-electron chi connectivity index (χ2n) is 5.78. The average Bonchev–Trinajstić information content (AvgIpc) is 3.13. The van der Waals surface area contributed by atoms with Crippen molar-refractivity contribution >= 4 is 22.5 Å². The molecule has 0 N–H and O–H groups in total. The molecule has 4 heteroatoms. The van der Waals surface area contributed by atoms with Gasteiger partial charge in [-0.3, -0.25) is 0 Å². The zero-order chi connectivity index (χ0) is 18.8. The van der Waals surface area contributed by atoms with Gasteiger partial charge >= 0.3 is 53.5 Å². The summed E-state index contributed by atoms with van der Waals surface area (Å²) < 4.78 is 0. The van der Waals surface area contributed by atoms with Crippen LogP contribution in [0, 0.1) is 12.1 Å². The topological polar surface area (TPSA) is 0 Å². The molecule has 0 amide bonds. The number of halogens is 2. The molecule has 0 radical (unpaired) electrons. The fraction of sp³-hybridized carbons (Fsp3) is 0.0909. The average molecular weight is 475 g/mol. The molecule has 0 aromatic heterocycles. The fourth-order valence-electron chi connectivity index (χ4n) is 2.12. The molecule has 0 aromatic rings. The van der Waals surface area contributed by atoms with Gasteiger partial charge in [-0.05, 0) is 0 Å². The first-order valence-corrected chi connectivity index (χ1v) is 20.8. The van der Waals surface area contributed by atoms with Gasteiger partial charge in [-0.1, -0.05) is 24.3 Å². The SMILES string of the molecule is C[Si](C)=[Zr]([Cl])[Cl].[c-]1ccc2cccccc1-2.[c-]1ccc2cccccc1-2. The van der Waals surface area contributed by atoms with E-state index in [1.54, 1.807) is 0 Å². The van der Waals surface area contributed by atoms with Gasteiger partial charge in [0.25, 0.3) is 0 Å². The van der Waals surface area contributed by atoms with Crippen LogP contribution in [0.3, 0.4) is 0 Å². The summed E-state index contributed by atoms with van der Waals surface area (Å²) in [6.07, 6.45) is 0. The molecule has 0 atom stereocenters. The van der Waals surface area contributed by atoms with E-state index in [1.165, 1.54) is 22.3 Å². The summed E-state index contributed by atoms with van der Waals surface area (Å²) >= 11 is -1.65. The Morgan fingerprint density at radius 1 is 0.654 bits per heavy atom. The van der Waals surface area contributed by atoms with Crippen LogP contribution in [0.4, 0.5) is 0 Å². The van der Waals surface area contributed by atoms with Gasteiger partial charge in [0.05, 0.1) is 0 Å². The number of hydrogen-bond donors (Lipinski definition) is 0. The van der Waals surface area contributed by atoms with E-state index in [4.69, 9.17) is 17.0 Å². The molecule has 26 heavy (non-hydrogen) atoms. The van der Waals surface area contributed by atoms with E-state index in [2.05, 4.69) is 61.6 Å². The van der Waals surface area contributed by atoms with Crippen LogP contribution >= 0.6 is 17.0 Å². The molecule has 0 aliphatic heterocycles. The maximum atomic E-state index is 5.62. The third-order valence-corrected chi connectivity index (χ3v) is 23.3. The Balaban J connectivity index is 0.000000146.